The highest BCUT2D eigenvalue weighted by Gasteiger charge is 2.17. The molecule has 1 N–H and O–H groups in total. The van der Waals surface area contributed by atoms with Crippen LogP contribution in [0.2, 0.25) is 0 Å². The van der Waals surface area contributed by atoms with Crippen LogP contribution in [0.15, 0.2) is 46.7 Å². The van der Waals surface area contributed by atoms with Gasteiger partial charge in [0.1, 0.15) is 12.4 Å². The van der Waals surface area contributed by atoms with Crippen LogP contribution in [-0.4, -0.2) is 30.8 Å². The molecule has 2 heterocycles. The van der Waals surface area contributed by atoms with Crippen molar-refractivity contribution in [2.24, 2.45) is 5.92 Å². The fourth-order valence-electron chi connectivity index (χ4n) is 2.44. The molecule has 0 aromatic carbocycles. The van der Waals surface area contributed by atoms with E-state index >= 15 is 0 Å². The predicted molar refractivity (Wildman–Crippen MR) is 99.5 cm³/mol. The topological polar surface area (TPSA) is 73.6 Å². The average Bonchev–Trinajstić information content (AvgIpc) is 3.16. The highest BCUT2D eigenvalue weighted by Crippen LogP contribution is 2.14. The number of aromatic nitrogens is 1. The molecule has 0 radical (unpaired) electrons. The smallest absolute Gasteiger partial charge is 0.273 e. The van der Waals surface area contributed by atoms with Gasteiger partial charge in [0, 0.05) is 25.8 Å². The number of nitrogens with one attached hydrogen (secondary N) is 1. The third-order valence-electron chi connectivity index (χ3n) is 4.36. The van der Waals surface area contributed by atoms with Gasteiger partial charge >= 0.3 is 0 Å². The van der Waals surface area contributed by atoms with Crippen LogP contribution in [0, 0.1) is 5.92 Å². The molecular weight excluding hydrogens is 332 g/mol. The molecule has 26 heavy (non-hydrogen) atoms. The summed E-state index contributed by atoms with van der Waals surface area (Å²) in [6.45, 7) is 10.2. The van der Waals surface area contributed by atoms with Crippen LogP contribution in [0.4, 0.5) is 0 Å². The molecule has 0 spiro atoms. The van der Waals surface area contributed by atoms with Crippen molar-refractivity contribution >= 4 is 5.91 Å². The third kappa shape index (κ3) is 6.52. The molecule has 1 aliphatic rings. The van der Waals surface area contributed by atoms with Crippen LogP contribution in [0.1, 0.15) is 49.4 Å². The maximum absolute atomic E-state index is 12.2. The third-order valence-corrected chi connectivity index (χ3v) is 4.36. The van der Waals surface area contributed by atoms with E-state index in [1.807, 2.05) is 12.2 Å². The number of rotatable bonds is 9. The molecule has 0 atom stereocenters. The molecule has 2 rings (SSSR count). The Morgan fingerprint density at radius 1 is 1.42 bits per heavy atom. The Balaban J connectivity index is 1.82. The van der Waals surface area contributed by atoms with E-state index < -0.39 is 0 Å². The predicted octanol–water partition coefficient (Wildman–Crippen LogP) is 3.77. The van der Waals surface area contributed by atoms with E-state index in [9.17, 15) is 4.79 Å². The average molecular weight is 360 g/mol. The van der Waals surface area contributed by atoms with Crippen molar-refractivity contribution in [2.75, 3.05) is 19.8 Å². The zero-order valence-corrected chi connectivity index (χ0v) is 15.6. The lowest BCUT2D eigenvalue weighted by molar-refractivity contribution is 0.0641. The van der Waals surface area contributed by atoms with Crippen molar-refractivity contribution in [1.82, 2.24) is 10.5 Å². The SMILES string of the molecule is C=C/C(=C\C=C(\C)CC)OCc1cc(C(=O)NCC2CCOCC2)no1. The highest BCUT2D eigenvalue weighted by atomic mass is 16.5. The van der Waals surface area contributed by atoms with Crippen LogP contribution in [0.3, 0.4) is 0 Å². The molecule has 0 aliphatic carbocycles. The molecule has 1 amide bonds. The number of hydrogen-bond acceptors (Lipinski definition) is 5. The van der Waals surface area contributed by atoms with Gasteiger partial charge in [-0.2, -0.15) is 0 Å². The quantitative estimate of drug-likeness (QED) is 0.536. The molecule has 6 nitrogen and oxygen atoms in total. The Labute approximate surface area is 154 Å². The van der Waals surface area contributed by atoms with Crippen molar-refractivity contribution in [3.8, 4) is 0 Å². The van der Waals surface area contributed by atoms with E-state index in [4.69, 9.17) is 14.0 Å². The Morgan fingerprint density at radius 3 is 2.88 bits per heavy atom. The van der Waals surface area contributed by atoms with Crippen LogP contribution in [-0.2, 0) is 16.1 Å². The van der Waals surface area contributed by atoms with Crippen molar-refractivity contribution in [2.45, 2.75) is 39.7 Å². The standard InChI is InChI=1S/C20H28N2O4/c1-4-15(3)6-7-17(5-2)25-14-18-12-19(22-26-18)20(23)21-13-16-8-10-24-11-9-16/h5-7,12,16H,2,4,8-11,13-14H2,1,3H3,(H,21,23)/b15-6-,17-7+. The molecular formula is C20H28N2O4. The summed E-state index contributed by atoms with van der Waals surface area (Å²) in [5.41, 5.74) is 1.51. The molecule has 1 aromatic heterocycles. The second-order valence-corrected chi connectivity index (χ2v) is 6.37. The summed E-state index contributed by atoms with van der Waals surface area (Å²) >= 11 is 0. The summed E-state index contributed by atoms with van der Waals surface area (Å²) < 4.78 is 16.1. The van der Waals surface area contributed by atoms with Crippen molar-refractivity contribution in [1.29, 1.82) is 0 Å². The van der Waals surface area contributed by atoms with E-state index in [-0.39, 0.29) is 18.2 Å². The number of hydrogen-bond donors (Lipinski definition) is 1. The Hall–Kier alpha value is -2.34. The number of ether oxygens (including phenoxy) is 2. The lowest BCUT2D eigenvalue weighted by Crippen LogP contribution is -2.32. The van der Waals surface area contributed by atoms with Gasteiger partial charge in [-0.3, -0.25) is 4.79 Å². The Kier molecular flexibility index (Phi) is 8.15. The van der Waals surface area contributed by atoms with Gasteiger partial charge in [0.25, 0.3) is 5.91 Å². The highest BCUT2D eigenvalue weighted by molar-refractivity contribution is 5.92. The largest absolute Gasteiger partial charge is 0.486 e. The summed E-state index contributed by atoms with van der Waals surface area (Å²) in [5.74, 6) is 1.36. The minimum Gasteiger partial charge on any atom is -0.486 e. The molecule has 1 saturated heterocycles. The van der Waals surface area contributed by atoms with Crippen LogP contribution >= 0.6 is 0 Å². The number of allylic oxidation sites excluding steroid dienone is 4. The van der Waals surface area contributed by atoms with Gasteiger partial charge < -0.3 is 19.3 Å². The zero-order chi connectivity index (χ0) is 18.8. The van der Waals surface area contributed by atoms with Gasteiger partial charge in [-0.25, -0.2) is 0 Å². The van der Waals surface area contributed by atoms with E-state index in [1.165, 1.54) is 5.57 Å². The Morgan fingerprint density at radius 2 is 2.19 bits per heavy atom. The first-order chi connectivity index (χ1) is 12.6. The fourth-order valence-corrected chi connectivity index (χ4v) is 2.44. The van der Waals surface area contributed by atoms with Gasteiger partial charge in [0.2, 0.25) is 0 Å². The van der Waals surface area contributed by atoms with Crippen molar-refractivity contribution in [3.05, 3.63) is 53.7 Å². The molecule has 0 saturated carbocycles. The van der Waals surface area contributed by atoms with Crippen LogP contribution in [0.5, 0.6) is 0 Å². The monoisotopic (exact) mass is 360 g/mol. The second kappa shape index (κ2) is 10.6. The summed E-state index contributed by atoms with van der Waals surface area (Å²) in [5, 5.41) is 6.73. The lowest BCUT2D eigenvalue weighted by Gasteiger charge is -2.21. The lowest BCUT2D eigenvalue weighted by atomic mass is 10.0. The van der Waals surface area contributed by atoms with Gasteiger partial charge in [-0.05, 0) is 44.3 Å². The number of amides is 1. The maximum atomic E-state index is 12.2. The maximum Gasteiger partial charge on any atom is 0.273 e. The fraction of sp³-hybridized carbons (Fsp3) is 0.500. The first-order valence-corrected chi connectivity index (χ1v) is 9.06. The van der Waals surface area contributed by atoms with Gasteiger partial charge in [0.05, 0.1) is 0 Å². The van der Waals surface area contributed by atoms with E-state index in [0.29, 0.717) is 24.0 Å². The second-order valence-electron chi connectivity index (χ2n) is 6.37. The minimum atomic E-state index is -0.229. The molecule has 1 aromatic rings. The van der Waals surface area contributed by atoms with Gasteiger partial charge in [-0.1, -0.05) is 30.3 Å². The van der Waals surface area contributed by atoms with E-state index in [1.54, 1.807) is 12.1 Å². The van der Waals surface area contributed by atoms with Gasteiger partial charge in [-0.15, -0.1) is 0 Å². The minimum absolute atomic E-state index is 0.192. The van der Waals surface area contributed by atoms with Crippen LogP contribution in [0.25, 0.3) is 0 Å². The molecule has 142 valence electrons. The van der Waals surface area contributed by atoms with E-state index in [2.05, 4.69) is 30.9 Å². The number of carbonyl (C=O) groups is 1. The van der Waals surface area contributed by atoms with Crippen molar-refractivity contribution < 1.29 is 18.8 Å². The molecule has 0 bridgehead atoms. The Bertz CT molecular complexity index is 655. The molecule has 6 heteroatoms. The van der Waals surface area contributed by atoms with Crippen LogP contribution < -0.4 is 5.32 Å². The molecule has 1 fully saturated rings. The summed E-state index contributed by atoms with van der Waals surface area (Å²) in [4.78, 5) is 12.2. The summed E-state index contributed by atoms with van der Waals surface area (Å²) in [6, 6.07) is 1.60. The first kappa shape index (κ1) is 20.0. The van der Waals surface area contributed by atoms with Crippen molar-refractivity contribution in [3.63, 3.8) is 0 Å². The number of carbonyl (C=O) groups excluding carboxylic acids is 1. The normalized spacial score (nSPS) is 16.4. The van der Waals surface area contributed by atoms with E-state index in [0.717, 1.165) is 32.5 Å². The first-order valence-electron chi connectivity index (χ1n) is 9.06. The summed E-state index contributed by atoms with van der Waals surface area (Å²) in [7, 11) is 0. The van der Waals surface area contributed by atoms with Gasteiger partial charge in [0.15, 0.2) is 11.5 Å². The summed E-state index contributed by atoms with van der Waals surface area (Å²) in [6.07, 6.45) is 8.42. The molecule has 0 unspecified atom stereocenters. The number of nitrogens with zero attached hydrogens (tertiary/aromatic N) is 1. The molecule has 1 aliphatic heterocycles. The zero-order valence-electron chi connectivity index (χ0n) is 15.6.